The number of ether oxygens (including phenoxy) is 5. The monoisotopic (exact) mass is 562 g/mol. The molecule has 0 aromatic heterocycles. The number of benzene rings is 4. The summed E-state index contributed by atoms with van der Waals surface area (Å²) >= 11 is 0. The molecule has 216 valence electrons. The first-order chi connectivity index (χ1) is 20.8. The predicted molar refractivity (Wildman–Crippen MR) is 164 cm³/mol. The summed E-state index contributed by atoms with van der Waals surface area (Å²) in [7, 11) is 0. The number of hydrogen-bond acceptors (Lipinski definition) is 5. The molecule has 5 atom stereocenters. The van der Waals surface area contributed by atoms with Crippen molar-refractivity contribution in [3.05, 3.63) is 162 Å². The van der Waals surface area contributed by atoms with E-state index < -0.39 is 30.5 Å². The van der Waals surface area contributed by atoms with Crippen molar-refractivity contribution in [1.29, 1.82) is 0 Å². The first-order valence-corrected chi connectivity index (χ1v) is 14.4. The Morgan fingerprint density at radius 2 is 0.952 bits per heavy atom. The SMILES string of the molecule is C=C=C[C@H]1OC(COCc2ccccc2)[C@H](OCc2ccccc2)C(OCc2ccccc2)C1OCc1ccccc1. The fourth-order valence-corrected chi connectivity index (χ4v) is 5.08. The predicted octanol–water partition coefficient (Wildman–Crippen LogP) is 7.07. The van der Waals surface area contributed by atoms with Gasteiger partial charge in [0.15, 0.2) is 0 Å². The highest BCUT2D eigenvalue weighted by Gasteiger charge is 2.47. The van der Waals surface area contributed by atoms with Gasteiger partial charge < -0.3 is 23.7 Å². The van der Waals surface area contributed by atoms with Crippen molar-refractivity contribution < 1.29 is 23.7 Å². The normalized spacial score (nSPS) is 21.9. The van der Waals surface area contributed by atoms with E-state index in [0.29, 0.717) is 33.0 Å². The third-order valence-electron chi connectivity index (χ3n) is 7.20. The van der Waals surface area contributed by atoms with Gasteiger partial charge in [-0.1, -0.05) is 128 Å². The molecule has 0 bridgehead atoms. The Balaban J connectivity index is 1.41. The van der Waals surface area contributed by atoms with Crippen molar-refractivity contribution in [3.63, 3.8) is 0 Å². The molecule has 0 saturated carbocycles. The van der Waals surface area contributed by atoms with Gasteiger partial charge in [0.1, 0.15) is 30.5 Å². The third-order valence-corrected chi connectivity index (χ3v) is 7.20. The Kier molecular flexibility index (Phi) is 11.3. The maximum absolute atomic E-state index is 6.69. The lowest BCUT2D eigenvalue weighted by Crippen LogP contribution is -2.60. The van der Waals surface area contributed by atoms with Crippen LogP contribution in [0.3, 0.4) is 0 Å². The molecule has 5 nitrogen and oxygen atoms in total. The average molecular weight is 563 g/mol. The maximum atomic E-state index is 6.69. The standard InChI is InChI=1S/C37H38O5/c1-2-15-33-35(39-25-30-18-9-4-10-19-30)37(41-27-32-22-13-6-14-23-32)36(40-26-31-20-11-5-12-21-31)34(42-33)28-38-24-29-16-7-3-8-17-29/h3-23,33-37H,1,24-28H2/t33-,34?,35?,36+,37?/m1/s1. The fourth-order valence-electron chi connectivity index (χ4n) is 5.08. The summed E-state index contributed by atoms with van der Waals surface area (Å²) in [6.07, 6.45) is -0.426. The molecule has 42 heavy (non-hydrogen) atoms. The summed E-state index contributed by atoms with van der Waals surface area (Å²) in [5.74, 6) is 0. The van der Waals surface area contributed by atoms with Gasteiger partial charge in [0.05, 0.1) is 33.0 Å². The minimum Gasteiger partial charge on any atom is -0.374 e. The summed E-state index contributed by atoms with van der Waals surface area (Å²) in [5, 5.41) is 0. The fraction of sp³-hybridized carbons (Fsp3) is 0.270. The van der Waals surface area contributed by atoms with E-state index in [1.165, 1.54) is 0 Å². The maximum Gasteiger partial charge on any atom is 0.117 e. The Morgan fingerprint density at radius 3 is 1.40 bits per heavy atom. The molecule has 5 heteroatoms. The van der Waals surface area contributed by atoms with E-state index >= 15 is 0 Å². The molecule has 0 amide bonds. The van der Waals surface area contributed by atoms with Crippen molar-refractivity contribution in [2.45, 2.75) is 56.9 Å². The van der Waals surface area contributed by atoms with Crippen LogP contribution in [0.25, 0.3) is 0 Å². The Hall–Kier alpha value is -3.80. The highest BCUT2D eigenvalue weighted by atomic mass is 16.6. The second-order valence-electron chi connectivity index (χ2n) is 10.3. The van der Waals surface area contributed by atoms with E-state index in [9.17, 15) is 0 Å². The van der Waals surface area contributed by atoms with Gasteiger partial charge in [-0.05, 0) is 28.3 Å². The van der Waals surface area contributed by atoms with Crippen molar-refractivity contribution in [1.82, 2.24) is 0 Å². The molecule has 1 heterocycles. The lowest BCUT2D eigenvalue weighted by molar-refractivity contribution is -0.263. The topological polar surface area (TPSA) is 46.2 Å². The largest absolute Gasteiger partial charge is 0.374 e. The molecule has 0 spiro atoms. The van der Waals surface area contributed by atoms with Gasteiger partial charge in [0.2, 0.25) is 0 Å². The average Bonchev–Trinajstić information content (AvgIpc) is 3.05. The van der Waals surface area contributed by atoms with Gasteiger partial charge in [0, 0.05) is 0 Å². The van der Waals surface area contributed by atoms with Crippen LogP contribution in [0.15, 0.2) is 140 Å². The minimum atomic E-state index is -0.464. The van der Waals surface area contributed by atoms with Crippen LogP contribution >= 0.6 is 0 Å². The zero-order valence-corrected chi connectivity index (χ0v) is 23.8. The molecule has 1 saturated heterocycles. The van der Waals surface area contributed by atoms with Gasteiger partial charge in [-0.2, -0.15) is 0 Å². The minimum absolute atomic E-state index is 0.326. The molecule has 1 aliphatic rings. The van der Waals surface area contributed by atoms with Gasteiger partial charge in [0.25, 0.3) is 0 Å². The van der Waals surface area contributed by atoms with Crippen LogP contribution in [0.1, 0.15) is 22.3 Å². The van der Waals surface area contributed by atoms with E-state index in [2.05, 4.69) is 36.6 Å². The van der Waals surface area contributed by atoms with Crippen molar-refractivity contribution in [2.75, 3.05) is 6.61 Å². The number of rotatable bonds is 14. The second-order valence-corrected chi connectivity index (χ2v) is 10.3. The molecule has 1 fully saturated rings. The van der Waals surface area contributed by atoms with Crippen LogP contribution in [0.2, 0.25) is 0 Å². The molecule has 1 aliphatic heterocycles. The molecule has 3 unspecified atom stereocenters. The summed E-state index contributed by atoms with van der Waals surface area (Å²) in [5.41, 5.74) is 7.22. The van der Waals surface area contributed by atoms with E-state index in [1.54, 1.807) is 0 Å². The molecule has 4 aromatic rings. The van der Waals surface area contributed by atoms with Crippen LogP contribution in [-0.4, -0.2) is 37.1 Å². The second kappa shape index (κ2) is 16.0. The highest BCUT2D eigenvalue weighted by Crippen LogP contribution is 2.31. The zero-order chi connectivity index (χ0) is 28.8. The van der Waals surface area contributed by atoms with Crippen molar-refractivity contribution >= 4 is 0 Å². The van der Waals surface area contributed by atoms with E-state index in [1.807, 2.05) is 103 Å². The van der Waals surface area contributed by atoms with Crippen LogP contribution in [-0.2, 0) is 50.1 Å². The Morgan fingerprint density at radius 1 is 0.548 bits per heavy atom. The summed E-state index contributed by atoms with van der Waals surface area (Å²) in [4.78, 5) is 0. The molecular formula is C37H38O5. The Bertz CT molecular complexity index is 1360. The van der Waals surface area contributed by atoms with Crippen molar-refractivity contribution in [2.24, 2.45) is 0 Å². The van der Waals surface area contributed by atoms with Crippen LogP contribution in [0.4, 0.5) is 0 Å². The van der Waals surface area contributed by atoms with Gasteiger partial charge in [-0.25, -0.2) is 0 Å². The first-order valence-electron chi connectivity index (χ1n) is 14.4. The first kappa shape index (κ1) is 29.7. The number of hydrogen-bond donors (Lipinski definition) is 0. The van der Waals surface area contributed by atoms with Gasteiger partial charge in [-0.3, -0.25) is 0 Å². The molecule has 4 aromatic carbocycles. The summed E-state index contributed by atoms with van der Waals surface area (Å²) in [6.45, 7) is 5.84. The van der Waals surface area contributed by atoms with Crippen LogP contribution in [0.5, 0.6) is 0 Å². The van der Waals surface area contributed by atoms with Crippen LogP contribution < -0.4 is 0 Å². The van der Waals surface area contributed by atoms with E-state index in [-0.39, 0.29) is 0 Å². The lowest BCUT2D eigenvalue weighted by atomic mass is 9.93. The summed E-state index contributed by atoms with van der Waals surface area (Å²) < 4.78 is 32.7. The smallest absolute Gasteiger partial charge is 0.117 e. The molecule has 0 aliphatic carbocycles. The quantitative estimate of drug-likeness (QED) is 0.154. The van der Waals surface area contributed by atoms with Crippen LogP contribution in [0, 0.1) is 0 Å². The molecule has 0 N–H and O–H groups in total. The van der Waals surface area contributed by atoms with E-state index in [0.717, 1.165) is 22.3 Å². The molecule has 5 rings (SSSR count). The van der Waals surface area contributed by atoms with Gasteiger partial charge in [-0.15, -0.1) is 5.73 Å². The molecule has 0 radical (unpaired) electrons. The highest BCUT2D eigenvalue weighted by molar-refractivity contribution is 5.17. The van der Waals surface area contributed by atoms with Gasteiger partial charge >= 0.3 is 0 Å². The zero-order valence-electron chi connectivity index (χ0n) is 23.8. The van der Waals surface area contributed by atoms with E-state index in [4.69, 9.17) is 23.7 Å². The lowest BCUT2D eigenvalue weighted by Gasteiger charge is -2.45. The summed E-state index contributed by atoms with van der Waals surface area (Å²) in [6, 6.07) is 40.5. The molecular weight excluding hydrogens is 524 g/mol. The third kappa shape index (κ3) is 8.60. The van der Waals surface area contributed by atoms with Crippen molar-refractivity contribution in [3.8, 4) is 0 Å². The Labute approximate surface area is 249 Å².